The van der Waals surface area contributed by atoms with E-state index in [1.807, 2.05) is 48.5 Å². The molecular formula is C50H48N2O2. The van der Waals surface area contributed by atoms with Crippen LogP contribution in [0.5, 0.6) is 11.5 Å². The summed E-state index contributed by atoms with van der Waals surface area (Å²) in [5.74, 6) is 8.49. The highest BCUT2D eigenvalue weighted by molar-refractivity contribution is 6.05. The molecule has 0 aliphatic heterocycles. The standard InChI is InChI=1S/C50H48N2O2/c1-31-23-35(5)49(36(6)24-31)43(29-51-45-17-13-11-15-33(45)3)41-27-39(19-21-47(41)53-9)40-20-22-48(54-10)42(28-40)44(30-52-46-18-14-12-16-34(46)4)50-37(7)25-32(2)26-38(50)8/h11-28H,1-10H3. The van der Waals surface area contributed by atoms with Crippen molar-refractivity contribution in [3.05, 3.63) is 176 Å². The molecule has 0 unspecified atom stereocenters. The largest absolute Gasteiger partial charge is 0.496 e. The van der Waals surface area contributed by atoms with Gasteiger partial charge < -0.3 is 9.47 Å². The average molecular weight is 709 g/mol. The molecule has 0 amide bonds. The zero-order chi connectivity index (χ0) is 38.5. The fraction of sp³-hybridized carbons (Fsp3) is 0.200. The van der Waals surface area contributed by atoms with E-state index in [0.717, 1.165) is 101 Å². The van der Waals surface area contributed by atoms with Crippen molar-refractivity contribution in [2.45, 2.75) is 55.4 Å². The van der Waals surface area contributed by atoms with Crippen LogP contribution in [0.4, 0.5) is 11.4 Å². The molecule has 0 fully saturated rings. The van der Waals surface area contributed by atoms with Crippen LogP contribution in [0.2, 0.25) is 0 Å². The highest BCUT2D eigenvalue weighted by atomic mass is 16.5. The van der Waals surface area contributed by atoms with E-state index in [-0.39, 0.29) is 0 Å². The van der Waals surface area contributed by atoms with E-state index in [1.54, 1.807) is 14.2 Å². The second-order valence-corrected chi connectivity index (χ2v) is 14.1. The van der Waals surface area contributed by atoms with Gasteiger partial charge >= 0.3 is 0 Å². The van der Waals surface area contributed by atoms with Crippen molar-refractivity contribution < 1.29 is 9.47 Å². The number of hydrogen-bond acceptors (Lipinski definition) is 4. The summed E-state index contributed by atoms with van der Waals surface area (Å²) in [5.41, 5.74) is 18.7. The summed E-state index contributed by atoms with van der Waals surface area (Å²) in [5, 5.41) is 0. The molecule has 0 aromatic heterocycles. The average Bonchev–Trinajstić information content (AvgIpc) is 3.14. The lowest BCUT2D eigenvalue weighted by Gasteiger charge is -2.19. The van der Waals surface area contributed by atoms with Gasteiger partial charge in [0.05, 0.1) is 36.7 Å². The quantitative estimate of drug-likeness (QED) is 0.140. The molecular weight excluding hydrogens is 661 g/mol. The van der Waals surface area contributed by atoms with Gasteiger partial charge in [0.1, 0.15) is 11.5 Å². The molecule has 0 saturated heterocycles. The van der Waals surface area contributed by atoms with Crippen molar-refractivity contribution in [2.24, 2.45) is 9.98 Å². The molecule has 0 spiro atoms. The Kier molecular flexibility index (Phi) is 11.3. The van der Waals surface area contributed by atoms with Gasteiger partial charge in [-0.25, -0.2) is 9.98 Å². The topological polar surface area (TPSA) is 43.2 Å². The van der Waals surface area contributed by atoms with Gasteiger partial charge in [0.25, 0.3) is 0 Å². The summed E-state index contributed by atoms with van der Waals surface area (Å²) in [4.78, 5) is 9.86. The van der Waals surface area contributed by atoms with E-state index >= 15 is 0 Å². The minimum absolute atomic E-state index is 0.742. The number of nitrogens with zero attached hydrogens (tertiary/aromatic N) is 2. The Morgan fingerprint density at radius 3 is 1.11 bits per heavy atom. The van der Waals surface area contributed by atoms with Crippen molar-refractivity contribution in [2.75, 3.05) is 14.2 Å². The van der Waals surface area contributed by atoms with Gasteiger partial charge in [-0.05, 0) is 159 Å². The fourth-order valence-electron chi connectivity index (χ4n) is 7.43. The van der Waals surface area contributed by atoms with Crippen LogP contribution in [0.3, 0.4) is 0 Å². The van der Waals surface area contributed by atoms with Gasteiger partial charge in [0.15, 0.2) is 0 Å². The van der Waals surface area contributed by atoms with E-state index in [2.05, 4.69) is 128 Å². The van der Waals surface area contributed by atoms with E-state index in [1.165, 1.54) is 11.1 Å². The predicted molar refractivity (Wildman–Crippen MR) is 228 cm³/mol. The predicted octanol–water partition coefficient (Wildman–Crippen LogP) is 12.7. The summed E-state index contributed by atoms with van der Waals surface area (Å²) in [6.45, 7) is 17.0. The first kappa shape index (κ1) is 37.6. The summed E-state index contributed by atoms with van der Waals surface area (Å²) in [6.07, 6.45) is 0. The van der Waals surface area contributed by atoms with Gasteiger partial charge in [0.2, 0.25) is 0 Å². The molecule has 6 rings (SSSR count). The van der Waals surface area contributed by atoms with Gasteiger partial charge in [-0.15, -0.1) is 0 Å². The molecule has 270 valence electrons. The van der Waals surface area contributed by atoms with Crippen LogP contribution in [0.1, 0.15) is 66.8 Å². The number of ether oxygens (including phenoxy) is 2. The van der Waals surface area contributed by atoms with E-state index in [4.69, 9.17) is 19.5 Å². The molecule has 0 aliphatic carbocycles. The normalized spacial score (nSPS) is 10.6. The Labute approximate surface area is 320 Å². The van der Waals surface area contributed by atoms with Crippen LogP contribution < -0.4 is 9.47 Å². The third-order valence-corrected chi connectivity index (χ3v) is 9.93. The SMILES string of the molecule is COc1ccc(-c2ccc(OC)c(C(=C=Nc3ccccc3C)c3c(C)cc(C)cc3C)c2)cc1C(=C=Nc1ccccc1C)c1c(C)cc(C)cc1C. The lowest BCUT2D eigenvalue weighted by Crippen LogP contribution is -2.01. The first-order valence-corrected chi connectivity index (χ1v) is 18.3. The second kappa shape index (κ2) is 16.2. The summed E-state index contributed by atoms with van der Waals surface area (Å²) in [7, 11) is 3.43. The molecule has 54 heavy (non-hydrogen) atoms. The Morgan fingerprint density at radius 2 is 0.778 bits per heavy atom. The van der Waals surface area contributed by atoms with E-state index in [0.29, 0.717) is 0 Å². The minimum atomic E-state index is 0.742. The third-order valence-electron chi connectivity index (χ3n) is 9.93. The Hall–Kier alpha value is -6.18. The van der Waals surface area contributed by atoms with Crippen molar-refractivity contribution in [3.63, 3.8) is 0 Å². The molecule has 6 aromatic rings. The van der Waals surface area contributed by atoms with Crippen molar-refractivity contribution >= 4 is 34.3 Å². The molecule has 0 N–H and O–H groups in total. The second-order valence-electron chi connectivity index (χ2n) is 14.1. The Balaban J connectivity index is 1.61. The highest BCUT2D eigenvalue weighted by Crippen LogP contribution is 2.40. The van der Waals surface area contributed by atoms with E-state index in [9.17, 15) is 0 Å². The monoisotopic (exact) mass is 708 g/mol. The number of methoxy groups -OCH3 is 2. The fourth-order valence-corrected chi connectivity index (χ4v) is 7.43. The first-order valence-electron chi connectivity index (χ1n) is 18.3. The molecule has 0 bridgehead atoms. The van der Waals surface area contributed by atoms with Crippen molar-refractivity contribution in [1.29, 1.82) is 0 Å². The molecule has 6 aromatic carbocycles. The zero-order valence-electron chi connectivity index (χ0n) is 33.1. The number of rotatable bonds is 9. The van der Waals surface area contributed by atoms with Crippen LogP contribution in [0.15, 0.2) is 119 Å². The number of para-hydroxylation sites is 2. The van der Waals surface area contributed by atoms with Crippen LogP contribution in [0.25, 0.3) is 22.3 Å². The van der Waals surface area contributed by atoms with Crippen LogP contribution in [-0.2, 0) is 0 Å². The molecule has 0 saturated carbocycles. The number of hydrogen-bond donors (Lipinski definition) is 0. The lowest BCUT2D eigenvalue weighted by molar-refractivity contribution is 0.413. The first-order chi connectivity index (χ1) is 26.0. The Bertz CT molecular complexity index is 2300. The molecule has 0 aliphatic rings. The maximum absolute atomic E-state index is 6.04. The third kappa shape index (κ3) is 7.92. The van der Waals surface area contributed by atoms with Crippen molar-refractivity contribution in [3.8, 4) is 22.6 Å². The van der Waals surface area contributed by atoms with Gasteiger partial charge in [-0.2, -0.15) is 0 Å². The molecule has 0 radical (unpaired) electrons. The molecule has 0 atom stereocenters. The molecule has 4 nitrogen and oxygen atoms in total. The maximum atomic E-state index is 6.04. The smallest absolute Gasteiger partial charge is 0.127 e. The summed E-state index contributed by atoms with van der Waals surface area (Å²) in [6, 6.07) is 37.7. The Morgan fingerprint density at radius 1 is 0.426 bits per heavy atom. The zero-order valence-corrected chi connectivity index (χ0v) is 33.1. The molecule has 4 heteroatoms. The highest BCUT2D eigenvalue weighted by Gasteiger charge is 2.20. The number of aryl methyl sites for hydroxylation is 8. The van der Waals surface area contributed by atoms with Crippen LogP contribution in [-0.4, -0.2) is 26.0 Å². The summed E-state index contributed by atoms with van der Waals surface area (Å²) >= 11 is 0. The number of benzene rings is 6. The van der Waals surface area contributed by atoms with E-state index < -0.39 is 0 Å². The number of aliphatic imine (C=N–C) groups is 2. The van der Waals surface area contributed by atoms with Crippen LogP contribution >= 0.6 is 0 Å². The van der Waals surface area contributed by atoms with Crippen LogP contribution in [0, 0.1) is 55.4 Å². The van der Waals surface area contributed by atoms with Crippen molar-refractivity contribution in [1.82, 2.24) is 0 Å². The summed E-state index contributed by atoms with van der Waals surface area (Å²) < 4.78 is 12.1. The van der Waals surface area contributed by atoms with Gasteiger partial charge in [0, 0.05) is 11.1 Å². The molecule has 0 heterocycles. The minimum Gasteiger partial charge on any atom is -0.496 e. The lowest BCUT2D eigenvalue weighted by atomic mass is 9.87. The maximum Gasteiger partial charge on any atom is 0.127 e. The van der Waals surface area contributed by atoms with Gasteiger partial charge in [-0.3, -0.25) is 0 Å². The van der Waals surface area contributed by atoms with Gasteiger partial charge in [-0.1, -0.05) is 83.9 Å².